The first-order chi connectivity index (χ1) is 9.20. The lowest BCUT2D eigenvalue weighted by atomic mass is 10.2. The summed E-state index contributed by atoms with van der Waals surface area (Å²) in [4.78, 5) is 12.8. The molecule has 1 atom stereocenters. The molecule has 2 rings (SSSR count). The fourth-order valence-electron chi connectivity index (χ4n) is 1.83. The van der Waals surface area contributed by atoms with Crippen molar-refractivity contribution in [3.8, 4) is 0 Å². The molecule has 0 saturated carbocycles. The minimum atomic E-state index is -0.437. The smallest absolute Gasteiger partial charge is 0.374 e. The summed E-state index contributed by atoms with van der Waals surface area (Å²) in [5.41, 5.74) is 0.824. The van der Waals surface area contributed by atoms with Crippen LogP contribution >= 0.6 is 11.3 Å². The fraction of sp³-hybridized carbons (Fsp3) is 0.357. The van der Waals surface area contributed by atoms with Crippen molar-refractivity contribution in [2.75, 3.05) is 7.11 Å². The molecule has 0 amide bonds. The average Bonchev–Trinajstić information content (AvgIpc) is 3.06. The SMILES string of the molecule is COC(=O)c1occc1CNC(C)Cc1cccs1. The van der Waals surface area contributed by atoms with Gasteiger partial charge in [-0.15, -0.1) is 11.3 Å². The molecule has 19 heavy (non-hydrogen) atoms. The molecule has 2 aromatic heterocycles. The molecule has 0 spiro atoms. The second kappa shape index (κ2) is 6.54. The number of hydrogen-bond donors (Lipinski definition) is 1. The van der Waals surface area contributed by atoms with E-state index in [1.54, 1.807) is 17.4 Å². The molecule has 5 heteroatoms. The van der Waals surface area contributed by atoms with Crippen LogP contribution < -0.4 is 5.32 Å². The first-order valence-electron chi connectivity index (χ1n) is 6.11. The molecule has 0 fully saturated rings. The molecule has 0 saturated heterocycles. The van der Waals surface area contributed by atoms with Crippen molar-refractivity contribution in [2.45, 2.75) is 25.9 Å². The van der Waals surface area contributed by atoms with Crippen molar-refractivity contribution in [1.82, 2.24) is 5.32 Å². The molecular weight excluding hydrogens is 262 g/mol. The topological polar surface area (TPSA) is 51.5 Å². The van der Waals surface area contributed by atoms with E-state index in [-0.39, 0.29) is 5.76 Å². The highest BCUT2D eigenvalue weighted by Gasteiger charge is 2.16. The van der Waals surface area contributed by atoms with E-state index in [0.717, 1.165) is 12.0 Å². The highest BCUT2D eigenvalue weighted by Crippen LogP contribution is 2.14. The van der Waals surface area contributed by atoms with Crippen LogP contribution in [-0.2, 0) is 17.7 Å². The normalized spacial score (nSPS) is 12.3. The zero-order valence-electron chi connectivity index (χ0n) is 11.0. The third-order valence-electron chi connectivity index (χ3n) is 2.85. The van der Waals surface area contributed by atoms with Gasteiger partial charge in [0.25, 0.3) is 0 Å². The Hall–Kier alpha value is -1.59. The lowest BCUT2D eigenvalue weighted by Gasteiger charge is -2.12. The van der Waals surface area contributed by atoms with Gasteiger partial charge in [-0.2, -0.15) is 0 Å². The third-order valence-corrected chi connectivity index (χ3v) is 3.74. The van der Waals surface area contributed by atoms with Gasteiger partial charge in [0.15, 0.2) is 0 Å². The van der Waals surface area contributed by atoms with Crippen molar-refractivity contribution >= 4 is 17.3 Å². The maximum Gasteiger partial charge on any atom is 0.374 e. The summed E-state index contributed by atoms with van der Waals surface area (Å²) in [6.07, 6.45) is 2.48. The van der Waals surface area contributed by atoms with Crippen molar-refractivity contribution in [3.05, 3.63) is 46.0 Å². The number of esters is 1. The summed E-state index contributed by atoms with van der Waals surface area (Å²) in [7, 11) is 1.35. The number of methoxy groups -OCH3 is 1. The van der Waals surface area contributed by atoms with Gasteiger partial charge in [0, 0.05) is 23.0 Å². The number of carbonyl (C=O) groups is 1. The third kappa shape index (κ3) is 3.68. The van der Waals surface area contributed by atoms with Crippen LogP contribution in [-0.4, -0.2) is 19.1 Å². The molecule has 1 unspecified atom stereocenters. The summed E-state index contributed by atoms with van der Waals surface area (Å²) < 4.78 is 9.81. The molecule has 0 aliphatic heterocycles. The number of thiophene rings is 1. The standard InChI is InChI=1S/C14H17NO3S/c1-10(8-12-4-3-7-19-12)15-9-11-5-6-18-13(11)14(16)17-2/h3-7,10,15H,8-9H2,1-2H3. The first-order valence-corrected chi connectivity index (χ1v) is 6.99. The maximum absolute atomic E-state index is 11.5. The van der Waals surface area contributed by atoms with E-state index in [1.807, 2.05) is 0 Å². The molecule has 2 aromatic rings. The van der Waals surface area contributed by atoms with Gasteiger partial charge in [-0.25, -0.2) is 4.79 Å². The number of carbonyl (C=O) groups excluding carboxylic acids is 1. The number of ether oxygens (including phenoxy) is 1. The van der Waals surface area contributed by atoms with E-state index in [2.05, 4.69) is 34.5 Å². The van der Waals surface area contributed by atoms with Gasteiger partial charge in [0.05, 0.1) is 13.4 Å². The van der Waals surface area contributed by atoms with E-state index in [9.17, 15) is 4.79 Å². The number of nitrogens with one attached hydrogen (secondary N) is 1. The Morgan fingerprint density at radius 3 is 3.05 bits per heavy atom. The second-order valence-electron chi connectivity index (χ2n) is 4.33. The van der Waals surface area contributed by atoms with Crippen LogP contribution in [0.2, 0.25) is 0 Å². The Balaban J connectivity index is 1.88. The minimum absolute atomic E-state index is 0.276. The van der Waals surface area contributed by atoms with Crippen LogP contribution in [0.5, 0.6) is 0 Å². The van der Waals surface area contributed by atoms with E-state index in [0.29, 0.717) is 12.6 Å². The van der Waals surface area contributed by atoms with Crippen molar-refractivity contribution < 1.29 is 13.9 Å². The van der Waals surface area contributed by atoms with Crippen LogP contribution in [0.25, 0.3) is 0 Å². The van der Waals surface area contributed by atoms with Crippen LogP contribution in [0, 0.1) is 0 Å². The zero-order valence-corrected chi connectivity index (χ0v) is 11.8. The Morgan fingerprint density at radius 1 is 1.53 bits per heavy atom. The Labute approximate surface area is 116 Å². The summed E-state index contributed by atoms with van der Waals surface area (Å²) >= 11 is 1.75. The largest absolute Gasteiger partial charge is 0.463 e. The molecule has 2 heterocycles. The van der Waals surface area contributed by atoms with Crippen molar-refractivity contribution in [1.29, 1.82) is 0 Å². The monoisotopic (exact) mass is 279 g/mol. The van der Waals surface area contributed by atoms with Crippen molar-refractivity contribution in [3.63, 3.8) is 0 Å². The summed E-state index contributed by atoms with van der Waals surface area (Å²) in [6, 6.07) is 6.30. The van der Waals surface area contributed by atoms with Gasteiger partial charge in [0.2, 0.25) is 5.76 Å². The molecule has 0 bridgehead atoms. The lowest BCUT2D eigenvalue weighted by molar-refractivity contribution is 0.0563. The molecule has 4 nitrogen and oxygen atoms in total. The van der Waals surface area contributed by atoms with Crippen LogP contribution in [0.1, 0.15) is 27.9 Å². The fourth-order valence-corrected chi connectivity index (χ4v) is 2.67. The summed E-state index contributed by atoms with van der Waals surface area (Å²) in [6.45, 7) is 2.71. The molecule has 0 aliphatic rings. The highest BCUT2D eigenvalue weighted by molar-refractivity contribution is 7.09. The molecule has 1 N–H and O–H groups in total. The Bertz CT molecular complexity index is 519. The highest BCUT2D eigenvalue weighted by atomic mass is 32.1. The quantitative estimate of drug-likeness (QED) is 0.826. The molecule has 102 valence electrons. The Kier molecular flexibility index (Phi) is 4.76. The van der Waals surface area contributed by atoms with Crippen LogP contribution in [0.3, 0.4) is 0 Å². The first kappa shape index (κ1) is 13.8. The minimum Gasteiger partial charge on any atom is -0.463 e. The predicted molar refractivity (Wildman–Crippen MR) is 74.4 cm³/mol. The van der Waals surface area contributed by atoms with Crippen LogP contribution in [0.15, 0.2) is 34.3 Å². The van der Waals surface area contributed by atoms with Crippen LogP contribution in [0.4, 0.5) is 0 Å². The van der Waals surface area contributed by atoms with Gasteiger partial charge in [-0.05, 0) is 30.9 Å². The zero-order chi connectivity index (χ0) is 13.7. The Morgan fingerprint density at radius 2 is 2.37 bits per heavy atom. The summed E-state index contributed by atoms with van der Waals surface area (Å²) in [5, 5.41) is 5.46. The van der Waals surface area contributed by atoms with Gasteiger partial charge in [-0.3, -0.25) is 0 Å². The van der Waals surface area contributed by atoms with Gasteiger partial charge in [0.1, 0.15) is 0 Å². The molecule has 0 aromatic carbocycles. The summed E-state index contributed by atoms with van der Waals surface area (Å²) in [5.74, 6) is -0.161. The second-order valence-corrected chi connectivity index (χ2v) is 5.36. The van der Waals surface area contributed by atoms with Gasteiger partial charge in [-0.1, -0.05) is 6.07 Å². The number of rotatable bonds is 6. The maximum atomic E-state index is 11.5. The van der Waals surface area contributed by atoms with E-state index < -0.39 is 5.97 Å². The average molecular weight is 279 g/mol. The predicted octanol–water partition coefficient (Wildman–Crippen LogP) is 2.85. The lowest BCUT2D eigenvalue weighted by Crippen LogP contribution is -2.27. The van der Waals surface area contributed by atoms with Gasteiger partial charge >= 0.3 is 5.97 Å². The molecule has 0 radical (unpaired) electrons. The van der Waals surface area contributed by atoms with Gasteiger partial charge < -0.3 is 14.5 Å². The molecule has 0 aliphatic carbocycles. The number of hydrogen-bond acceptors (Lipinski definition) is 5. The van der Waals surface area contributed by atoms with E-state index >= 15 is 0 Å². The van der Waals surface area contributed by atoms with E-state index in [4.69, 9.17) is 4.42 Å². The molecular formula is C14H17NO3S. The van der Waals surface area contributed by atoms with E-state index in [1.165, 1.54) is 18.3 Å². The number of furan rings is 1. The van der Waals surface area contributed by atoms with Crippen molar-refractivity contribution in [2.24, 2.45) is 0 Å².